The van der Waals surface area contributed by atoms with Crippen molar-refractivity contribution in [1.82, 2.24) is 9.97 Å². The van der Waals surface area contributed by atoms with E-state index in [1.807, 2.05) is 19.1 Å². The van der Waals surface area contributed by atoms with E-state index < -0.39 is 0 Å². The highest BCUT2D eigenvalue weighted by atomic mass is 35.5. The molecular formula is C14H16ClN3. The Balaban J connectivity index is 2.56. The lowest BCUT2D eigenvalue weighted by Crippen LogP contribution is -2.01. The molecule has 0 saturated heterocycles. The summed E-state index contributed by atoms with van der Waals surface area (Å²) in [5.41, 5.74) is 9.35. The molecule has 2 rings (SSSR count). The molecule has 0 saturated carbocycles. The largest absolute Gasteiger partial charge is 0.398 e. The highest BCUT2D eigenvalue weighted by molar-refractivity contribution is 6.31. The van der Waals surface area contributed by atoms with Crippen LogP contribution in [0.4, 0.5) is 5.69 Å². The van der Waals surface area contributed by atoms with Crippen LogP contribution < -0.4 is 5.73 Å². The number of hydrogen-bond donors (Lipinski definition) is 1. The van der Waals surface area contributed by atoms with E-state index in [4.69, 9.17) is 17.3 Å². The van der Waals surface area contributed by atoms with Crippen LogP contribution in [0.3, 0.4) is 0 Å². The predicted molar refractivity (Wildman–Crippen MR) is 75.7 cm³/mol. The molecule has 0 radical (unpaired) electrons. The van der Waals surface area contributed by atoms with Gasteiger partial charge in [0.15, 0.2) is 5.82 Å². The van der Waals surface area contributed by atoms with Crippen LogP contribution >= 0.6 is 11.6 Å². The SMILES string of the molecule is Cc1cc(C(C)C)nc(-c2ccc(Cl)cc2N)n1. The van der Waals surface area contributed by atoms with Crippen LogP contribution in [0.25, 0.3) is 11.4 Å². The minimum atomic E-state index is 0.360. The third-order valence-electron chi connectivity index (χ3n) is 2.72. The molecule has 0 atom stereocenters. The lowest BCUT2D eigenvalue weighted by Gasteiger charge is -2.10. The average molecular weight is 262 g/mol. The standard InChI is InChI=1S/C14H16ClN3/c1-8(2)13-6-9(3)17-14(18-13)11-5-4-10(15)7-12(11)16/h4-8H,16H2,1-3H3. The fourth-order valence-electron chi connectivity index (χ4n) is 1.75. The zero-order chi connectivity index (χ0) is 13.3. The summed E-state index contributed by atoms with van der Waals surface area (Å²) >= 11 is 5.90. The maximum absolute atomic E-state index is 5.97. The monoisotopic (exact) mass is 261 g/mol. The van der Waals surface area contributed by atoms with E-state index in [1.165, 1.54) is 0 Å². The highest BCUT2D eigenvalue weighted by Crippen LogP contribution is 2.27. The van der Waals surface area contributed by atoms with E-state index in [2.05, 4.69) is 23.8 Å². The lowest BCUT2D eigenvalue weighted by molar-refractivity contribution is 0.812. The first-order valence-electron chi connectivity index (χ1n) is 5.88. The molecular weight excluding hydrogens is 246 g/mol. The zero-order valence-corrected chi connectivity index (χ0v) is 11.5. The fraction of sp³-hybridized carbons (Fsp3) is 0.286. The van der Waals surface area contributed by atoms with Gasteiger partial charge in [-0.25, -0.2) is 9.97 Å². The van der Waals surface area contributed by atoms with Gasteiger partial charge in [0.2, 0.25) is 0 Å². The molecule has 0 bridgehead atoms. The molecule has 0 unspecified atom stereocenters. The summed E-state index contributed by atoms with van der Waals surface area (Å²) in [6.45, 7) is 6.18. The predicted octanol–water partition coefficient (Wildman–Crippen LogP) is 3.81. The van der Waals surface area contributed by atoms with Crippen molar-refractivity contribution in [3.05, 3.63) is 40.7 Å². The van der Waals surface area contributed by atoms with Gasteiger partial charge in [-0.2, -0.15) is 0 Å². The van der Waals surface area contributed by atoms with Crippen molar-refractivity contribution in [3.63, 3.8) is 0 Å². The molecule has 2 N–H and O–H groups in total. The Bertz CT molecular complexity index is 579. The number of nitrogens with zero attached hydrogens (tertiary/aromatic N) is 2. The number of nitrogen functional groups attached to an aromatic ring is 1. The van der Waals surface area contributed by atoms with E-state index in [0.29, 0.717) is 22.5 Å². The number of hydrogen-bond acceptors (Lipinski definition) is 3. The summed E-state index contributed by atoms with van der Waals surface area (Å²) in [6.07, 6.45) is 0. The Labute approximate surface area is 112 Å². The lowest BCUT2D eigenvalue weighted by atomic mass is 10.1. The first-order chi connectivity index (χ1) is 8.47. The number of anilines is 1. The van der Waals surface area contributed by atoms with Gasteiger partial charge in [-0.3, -0.25) is 0 Å². The van der Waals surface area contributed by atoms with Gasteiger partial charge in [0.1, 0.15) is 0 Å². The van der Waals surface area contributed by atoms with E-state index in [-0.39, 0.29) is 0 Å². The van der Waals surface area contributed by atoms with Crippen molar-refractivity contribution in [2.75, 3.05) is 5.73 Å². The Morgan fingerprint density at radius 3 is 2.50 bits per heavy atom. The molecule has 1 aromatic heterocycles. The van der Waals surface area contributed by atoms with E-state index in [9.17, 15) is 0 Å². The fourth-order valence-corrected chi connectivity index (χ4v) is 1.93. The summed E-state index contributed by atoms with van der Waals surface area (Å²) in [5.74, 6) is 1.02. The second-order valence-corrected chi connectivity index (χ2v) is 5.08. The number of halogens is 1. The van der Waals surface area contributed by atoms with Crippen LogP contribution in [0.15, 0.2) is 24.3 Å². The van der Waals surface area contributed by atoms with Gasteiger partial charge >= 0.3 is 0 Å². The van der Waals surface area contributed by atoms with E-state index in [1.54, 1.807) is 12.1 Å². The molecule has 18 heavy (non-hydrogen) atoms. The number of aromatic nitrogens is 2. The second kappa shape index (κ2) is 4.94. The van der Waals surface area contributed by atoms with Gasteiger partial charge < -0.3 is 5.73 Å². The quantitative estimate of drug-likeness (QED) is 0.837. The smallest absolute Gasteiger partial charge is 0.161 e. The molecule has 0 aliphatic heterocycles. The zero-order valence-electron chi connectivity index (χ0n) is 10.7. The Hall–Kier alpha value is -1.61. The van der Waals surface area contributed by atoms with Gasteiger partial charge in [-0.1, -0.05) is 25.4 Å². The third-order valence-corrected chi connectivity index (χ3v) is 2.96. The van der Waals surface area contributed by atoms with Crippen LogP contribution in [0, 0.1) is 6.92 Å². The molecule has 0 spiro atoms. The van der Waals surface area contributed by atoms with Crippen molar-refractivity contribution >= 4 is 17.3 Å². The molecule has 0 amide bonds. The van der Waals surface area contributed by atoms with Crippen LogP contribution in [-0.2, 0) is 0 Å². The van der Waals surface area contributed by atoms with Crippen molar-refractivity contribution < 1.29 is 0 Å². The molecule has 94 valence electrons. The van der Waals surface area contributed by atoms with Gasteiger partial charge in [0.05, 0.1) is 0 Å². The Morgan fingerprint density at radius 1 is 1.17 bits per heavy atom. The van der Waals surface area contributed by atoms with Crippen LogP contribution in [0.1, 0.15) is 31.2 Å². The molecule has 0 aliphatic rings. The number of rotatable bonds is 2. The second-order valence-electron chi connectivity index (χ2n) is 4.64. The molecule has 2 aromatic rings. The number of benzene rings is 1. The van der Waals surface area contributed by atoms with Crippen LogP contribution in [0.2, 0.25) is 5.02 Å². The van der Waals surface area contributed by atoms with E-state index in [0.717, 1.165) is 17.0 Å². The van der Waals surface area contributed by atoms with Gasteiger partial charge in [-0.05, 0) is 37.1 Å². The number of nitrogens with two attached hydrogens (primary N) is 1. The normalized spacial score (nSPS) is 10.9. The van der Waals surface area contributed by atoms with E-state index >= 15 is 0 Å². The highest BCUT2D eigenvalue weighted by Gasteiger charge is 2.10. The van der Waals surface area contributed by atoms with Crippen LogP contribution in [0.5, 0.6) is 0 Å². The molecule has 4 heteroatoms. The summed E-state index contributed by atoms with van der Waals surface area (Å²) in [4.78, 5) is 9.00. The van der Waals surface area contributed by atoms with Gasteiger partial charge in [0.25, 0.3) is 0 Å². The maximum atomic E-state index is 5.97. The Kier molecular flexibility index (Phi) is 3.53. The third kappa shape index (κ3) is 2.62. The van der Waals surface area contributed by atoms with Gasteiger partial charge in [0, 0.05) is 27.7 Å². The van der Waals surface area contributed by atoms with Crippen LogP contribution in [-0.4, -0.2) is 9.97 Å². The maximum Gasteiger partial charge on any atom is 0.161 e. The first kappa shape index (κ1) is 12.8. The molecule has 1 heterocycles. The molecule has 1 aromatic carbocycles. The van der Waals surface area contributed by atoms with Crippen molar-refractivity contribution in [2.24, 2.45) is 0 Å². The van der Waals surface area contributed by atoms with Crippen molar-refractivity contribution in [2.45, 2.75) is 26.7 Å². The van der Waals surface area contributed by atoms with Crippen molar-refractivity contribution in [3.8, 4) is 11.4 Å². The summed E-state index contributed by atoms with van der Waals surface area (Å²) < 4.78 is 0. The summed E-state index contributed by atoms with van der Waals surface area (Å²) in [7, 11) is 0. The Morgan fingerprint density at radius 2 is 1.89 bits per heavy atom. The summed E-state index contributed by atoms with van der Waals surface area (Å²) in [5, 5.41) is 0.619. The minimum Gasteiger partial charge on any atom is -0.398 e. The molecule has 0 fully saturated rings. The van der Waals surface area contributed by atoms with Gasteiger partial charge in [-0.15, -0.1) is 0 Å². The molecule has 3 nitrogen and oxygen atoms in total. The average Bonchev–Trinajstić information content (AvgIpc) is 2.27. The first-order valence-corrected chi connectivity index (χ1v) is 6.26. The van der Waals surface area contributed by atoms with Crippen molar-refractivity contribution in [1.29, 1.82) is 0 Å². The minimum absolute atomic E-state index is 0.360. The topological polar surface area (TPSA) is 51.8 Å². The molecule has 0 aliphatic carbocycles. The summed E-state index contributed by atoms with van der Waals surface area (Å²) in [6, 6.07) is 7.38. The number of aryl methyl sites for hydroxylation is 1.